The predicted octanol–water partition coefficient (Wildman–Crippen LogP) is 0.642. The maximum Gasteiger partial charge on any atom is 0.223 e. The van der Waals surface area contributed by atoms with Gasteiger partial charge in [0.25, 0.3) is 0 Å². The van der Waals surface area contributed by atoms with Gasteiger partial charge in [-0.15, -0.1) is 0 Å². The first-order valence-electron chi connectivity index (χ1n) is 6.79. The van der Waals surface area contributed by atoms with Gasteiger partial charge >= 0.3 is 0 Å². The fourth-order valence-corrected chi connectivity index (χ4v) is 2.59. The van der Waals surface area contributed by atoms with E-state index in [0.717, 1.165) is 19.4 Å². The lowest BCUT2D eigenvalue weighted by Crippen LogP contribution is -2.44. The highest BCUT2D eigenvalue weighted by molar-refractivity contribution is 5.78. The zero-order valence-electron chi connectivity index (χ0n) is 11.5. The fraction of sp³-hybridized carbons (Fsp3) is 0.923. The van der Waals surface area contributed by atoms with E-state index in [9.17, 15) is 4.79 Å². The van der Waals surface area contributed by atoms with Crippen LogP contribution in [0.25, 0.3) is 0 Å². The van der Waals surface area contributed by atoms with Crippen molar-refractivity contribution in [1.29, 1.82) is 0 Å². The summed E-state index contributed by atoms with van der Waals surface area (Å²) < 4.78 is 11.1. The topological polar surface area (TPSA) is 59.6 Å². The molecule has 2 heterocycles. The Balaban J connectivity index is 1.72. The third-order valence-electron chi connectivity index (χ3n) is 3.57. The number of hydrogen-bond donors (Lipinski definition) is 2. The van der Waals surface area contributed by atoms with E-state index in [2.05, 4.69) is 17.6 Å². The Kier molecular flexibility index (Phi) is 4.25. The summed E-state index contributed by atoms with van der Waals surface area (Å²) in [5, 5.41) is 6.33. The molecule has 0 aromatic rings. The summed E-state index contributed by atoms with van der Waals surface area (Å²) in [5.41, 5.74) is 0. The van der Waals surface area contributed by atoms with Gasteiger partial charge < -0.3 is 20.1 Å². The van der Waals surface area contributed by atoms with Crippen LogP contribution in [0.3, 0.4) is 0 Å². The van der Waals surface area contributed by atoms with Gasteiger partial charge in [-0.3, -0.25) is 4.79 Å². The number of carbonyl (C=O) groups excluding carboxylic acids is 1. The van der Waals surface area contributed by atoms with Gasteiger partial charge in [0.05, 0.1) is 6.61 Å². The minimum atomic E-state index is -0.515. The van der Waals surface area contributed by atoms with Crippen molar-refractivity contribution in [2.24, 2.45) is 5.92 Å². The van der Waals surface area contributed by atoms with Crippen LogP contribution >= 0.6 is 0 Å². The first-order valence-corrected chi connectivity index (χ1v) is 6.79. The third-order valence-corrected chi connectivity index (χ3v) is 3.57. The molecule has 18 heavy (non-hydrogen) atoms. The minimum absolute atomic E-state index is 0.0249. The number of piperidine rings is 1. The van der Waals surface area contributed by atoms with Gasteiger partial charge in [0.2, 0.25) is 5.91 Å². The Morgan fingerprint density at radius 3 is 2.89 bits per heavy atom. The van der Waals surface area contributed by atoms with Gasteiger partial charge in [0, 0.05) is 18.5 Å². The number of amides is 1. The van der Waals surface area contributed by atoms with Crippen molar-refractivity contribution in [3.05, 3.63) is 0 Å². The molecule has 104 valence electrons. The number of carbonyl (C=O) groups is 1. The van der Waals surface area contributed by atoms with Crippen molar-refractivity contribution in [3.63, 3.8) is 0 Å². The molecule has 2 N–H and O–H groups in total. The molecule has 0 aromatic heterocycles. The summed E-state index contributed by atoms with van der Waals surface area (Å²) in [6.45, 7) is 7.92. The van der Waals surface area contributed by atoms with E-state index in [0.29, 0.717) is 19.2 Å². The molecule has 2 aliphatic heterocycles. The second-order valence-electron chi connectivity index (χ2n) is 5.77. The van der Waals surface area contributed by atoms with Crippen LogP contribution in [-0.2, 0) is 14.3 Å². The first kappa shape index (κ1) is 13.8. The maximum atomic E-state index is 12.0. The van der Waals surface area contributed by atoms with Crippen molar-refractivity contribution in [2.75, 3.05) is 19.7 Å². The van der Waals surface area contributed by atoms with Crippen molar-refractivity contribution in [2.45, 2.75) is 51.5 Å². The van der Waals surface area contributed by atoms with E-state index in [1.165, 1.54) is 0 Å². The maximum absolute atomic E-state index is 12.0. The van der Waals surface area contributed by atoms with Crippen LogP contribution in [0, 0.1) is 5.92 Å². The molecule has 2 saturated heterocycles. The molecule has 3 atom stereocenters. The van der Waals surface area contributed by atoms with Crippen LogP contribution in [0.15, 0.2) is 0 Å². The number of rotatable bonds is 3. The smallest absolute Gasteiger partial charge is 0.223 e. The third kappa shape index (κ3) is 3.67. The highest BCUT2D eigenvalue weighted by Gasteiger charge is 2.33. The van der Waals surface area contributed by atoms with Gasteiger partial charge in [-0.05, 0) is 40.2 Å². The fourth-order valence-electron chi connectivity index (χ4n) is 2.59. The number of hydrogen-bond acceptors (Lipinski definition) is 4. The van der Waals surface area contributed by atoms with Crippen molar-refractivity contribution in [1.82, 2.24) is 10.6 Å². The van der Waals surface area contributed by atoms with E-state index in [1.54, 1.807) is 0 Å². The molecule has 0 aromatic carbocycles. The zero-order chi connectivity index (χ0) is 13.2. The summed E-state index contributed by atoms with van der Waals surface area (Å²) in [4.78, 5) is 12.0. The summed E-state index contributed by atoms with van der Waals surface area (Å²) in [6, 6.07) is 0.430. The van der Waals surface area contributed by atoms with E-state index >= 15 is 0 Å². The summed E-state index contributed by atoms with van der Waals surface area (Å²) in [5.74, 6) is -0.230. The Labute approximate surface area is 109 Å². The second-order valence-corrected chi connectivity index (χ2v) is 5.77. The average molecular weight is 256 g/mol. The van der Waals surface area contributed by atoms with Crippen LogP contribution in [-0.4, -0.2) is 43.5 Å². The van der Waals surface area contributed by atoms with Crippen molar-refractivity contribution >= 4 is 5.91 Å². The molecule has 0 spiro atoms. The van der Waals surface area contributed by atoms with E-state index < -0.39 is 5.79 Å². The molecule has 2 aliphatic rings. The van der Waals surface area contributed by atoms with E-state index in [1.807, 2.05) is 13.8 Å². The van der Waals surface area contributed by atoms with Crippen LogP contribution in [0.2, 0.25) is 0 Å². The van der Waals surface area contributed by atoms with Gasteiger partial charge in [-0.2, -0.15) is 0 Å². The summed E-state index contributed by atoms with van der Waals surface area (Å²) >= 11 is 0. The Morgan fingerprint density at radius 2 is 2.28 bits per heavy atom. The quantitative estimate of drug-likeness (QED) is 0.778. The molecule has 5 nitrogen and oxygen atoms in total. The molecular formula is C13H24N2O3. The first-order chi connectivity index (χ1) is 8.46. The molecule has 0 saturated carbocycles. The van der Waals surface area contributed by atoms with Gasteiger partial charge in [0.1, 0.15) is 6.10 Å². The van der Waals surface area contributed by atoms with Gasteiger partial charge in [-0.1, -0.05) is 0 Å². The zero-order valence-corrected chi connectivity index (χ0v) is 11.5. The lowest BCUT2D eigenvalue weighted by molar-refractivity contribution is -0.140. The van der Waals surface area contributed by atoms with E-state index in [4.69, 9.17) is 9.47 Å². The van der Waals surface area contributed by atoms with Crippen LogP contribution in [0.1, 0.15) is 33.6 Å². The molecule has 0 radical (unpaired) electrons. The minimum Gasteiger partial charge on any atom is -0.353 e. The van der Waals surface area contributed by atoms with E-state index in [-0.39, 0.29) is 17.9 Å². The number of ether oxygens (including phenoxy) is 2. The Morgan fingerprint density at radius 1 is 1.50 bits per heavy atom. The molecule has 5 heteroatoms. The van der Waals surface area contributed by atoms with Gasteiger partial charge in [-0.25, -0.2) is 0 Å². The highest BCUT2D eigenvalue weighted by Crippen LogP contribution is 2.22. The Hall–Kier alpha value is -0.650. The predicted molar refractivity (Wildman–Crippen MR) is 68.1 cm³/mol. The summed E-state index contributed by atoms with van der Waals surface area (Å²) in [7, 11) is 0. The monoisotopic (exact) mass is 256 g/mol. The lowest BCUT2D eigenvalue weighted by atomic mass is 9.92. The van der Waals surface area contributed by atoms with Crippen LogP contribution in [0.4, 0.5) is 0 Å². The molecule has 2 fully saturated rings. The van der Waals surface area contributed by atoms with Gasteiger partial charge in [0.15, 0.2) is 5.79 Å². The SMILES string of the molecule is CC1CC(C(=O)NCC2COC(C)(C)O2)CCN1. The van der Waals surface area contributed by atoms with Crippen molar-refractivity contribution < 1.29 is 14.3 Å². The normalized spacial score (nSPS) is 35.4. The molecule has 0 bridgehead atoms. The van der Waals surface area contributed by atoms with Crippen LogP contribution in [0.5, 0.6) is 0 Å². The highest BCUT2D eigenvalue weighted by atomic mass is 16.7. The average Bonchev–Trinajstić information content (AvgIpc) is 2.66. The largest absolute Gasteiger partial charge is 0.353 e. The molecule has 1 amide bonds. The lowest BCUT2D eigenvalue weighted by Gasteiger charge is -2.27. The second kappa shape index (κ2) is 5.55. The molecular weight excluding hydrogens is 232 g/mol. The number of nitrogens with one attached hydrogen (secondary N) is 2. The molecule has 2 rings (SSSR count). The van der Waals surface area contributed by atoms with Crippen molar-refractivity contribution in [3.8, 4) is 0 Å². The van der Waals surface area contributed by atoms with Crippen LogP contribution < -0.4 is 10.6 Å². The Bertz CT molecular complexity index is 307. The molecule has 3 unspecified atom stereocenters. The summed E-state index contributed by atoms with van der Waals surface area (Å²) in [6.07, 6.45) is 1.81. The standard InChI is InChI=1S/C13H24N2O3/c1-9-6-10(4-5-14-9)12(16)15-7-11-8-17-13(2,3)18-11/h9-11,14H,4-8H2,1-3H3,(H,15,16). The molecule has 0 aliphatic carbocycles.